The Labute approximate surface area is 162 Å². The van der Waals surface area contributed by atoms with Crippen LogP contribution in [0.4, 0.5) is 0 Å². The molecule has 3 aromatic carbocycles. The molecule has 27 heavy (non-hydrogen) atoms. The van der Waals surface area contributed by atoms with Crippen LogP contribution in [0, 0.1) is 0 Å². The minimum atomic E-state index is 0.0212. The van der Waals surface area contributed by atoms with Gasteiger partial charge in [0.2, 0.25) is 0 Å². The van der Waals surface area contributed by atoms with Gasteiger partial charge in [-0.05, 0) is 23.6 Å². The number of benzene rings is 3. The lowest BCUT2D eigenvalue weighted by Crippen LogP contribution is -2.29. The number of hydrogen-bond donors (Lipinski definition) is 1. The van der Waals surface area contributed by atoms with Crippen molar-refractivity contribution in [1.29, 1.82) is 0 Å². The third kappa shape index (κ3) is 4.17. The molecule has 0 bridgehead atoms. The van der Waals surface area contributed by atoms with E-state index >= 15 is 0 Å². The summed E-state index contributed by atoms with van der Waals surface area (Å²) in [6.45, 7) is 6.16. The minimum absolute atomic E-state index is 0.0212. The minimum Gasteiger partial charge on any atom is -0.339 e. The second-order valence-electron chi connectivity index (χ2n) is 6.21. The molecule has 0 amide bonds. The van der Waals surface area contributed by atoms with Crippen molar-refractivity contribution in [3.63, 3.8) is 0 Å². The molecule has 0 aliphatic carbocycles. The van der Waals surface area contributed by atoms with Crippen LogP contribution in [0.2, 0.25) is 0 Å². The molecule has 1 unspecified atom stereocenters. The predicted molar refractivity (Wildman–Crippen MR) is 116 cm³/mol. The van der Waals surface area contributed by atoms with Crippen molar-refractivity contribution in [3.05, 3.63) is 113 Å². The average Bonchev–Trinajstić information content (AvgIpc) is 2.77. The molecule has 2 nitrogen and oxygen atoms in total. The van der Waals surface area contributed by atoms with Gasteiger partial charge in [0, 0.05) is 11.3 Å². The lowest BCUT2D eigenvalue weighted by molar-refractivity contribution is 0.819. The molecule has 1 heterocycles. The monoisotopic (exact) mass is 354 g/mol. The van der Waals surface area contributed by atoms with E-state index in [4.69, 9.17) is 4.99 Å². The highest BCUT2D eigenvalue weighted by Crippen LogP contribution is 2.34. The molecule has 4 rings (SSSR count). The van der Waals surface area contributed by atoms with Crippen LogP contribution in [0.25, 0.3) is 5.70 Å². The van der Waals surface area contributed by atoms with Gasteiger partial charge in [-0.3, -0.25) is 4.99 Å². The van der Waals surface area contributed by atoms with Gasteiger partial charge in [0.25, 0.3) is 0 Å². The van der Waals surface area contributed by atoms with Gasteiger partial charge in [0.05, 0.1) is 0 Å². The molecule has 2 heteroatoms. The smallest absolute Gasteiger partial charge is 0.133 e. The summed E-state index contributed by atoms with van der Waals surface area (Å²) >= 11 is 0. The van der Waals surface area contributed by atoms with Crippen LogP contribution in [0.1, 0.15) is 43.5 Å². The van der Waals surface area contributed by atoms with Crippen molar-refractivity contribution in [2.24, 2.45) is 4.99 Å². The fourth-order valence-electron chi connectivity index (χ4n) is 3.22. The van der Waals surface area contributed by atoms with E-state index in [1.54, 1.807) is 0 Å². The van der Waals surface area contributed by atoms with Crippen molar-refractivity contribution >= 4 is 11.5 Å². The molecule has 0 saturated carbocycles. The molecule has 0 spiro atoms. The fourth-order valence-corrected chi connectivity index (χ4v) is 3.22. The van der Waals surface area contributed by atoms with Crippen LogP contribution >= 0.6 is 0 Å². The fraction of sp³-hybridized carbons (Fsp3) is 0.160. The molecule has 0 saturated heterocycles. The van der Waals surface area contributed by atoms with E-state index < -0.39 is 0 Å². The van der Waals surface area contributed by atoms with Crippen molar-refractivity contribution < 1.29 is 0 Å². The van der Waals surface area contributed by atoms with Gasteiger partial charge in [-0.25, -0.2) is 0 Å². The van der Waals surface area contributed by atoms with Crippen LogP contribution in [0.15, 0.2) is 102 Å². The Balaban J connectivity index is 0.00000102. The molecular weight excluding hydrogens is 328 g/mol. The van der Waals surface area contributed by atoms with Crippen molar-refractivity contribution in [2.75, 3.05) is 0 Å². The topological polar surface area (TPSA) is 24.4 Å². The van der Waals surface area contributed by atoms with E-state index in [1.807, 2.05) is 44.2 Å². The Kier molecular flexibility index (Phi) is 6.22. The van der Waals surface area contributed by atoms with Gasteiger partial charge < -0.3 is 5.32 Å². The van der Waals surface area contributed by atoms with E-state index in [0.29, 0.717) is 0 Å². The number of rotatable bonds is 3. The molecule has 0 aromatic heterocycles. The van der Waals surface area contributed by atoms with Crippen LogP contribution in [0.3, 0.4) is 0 Å². The summed E-state index contributed by atoms with van der Waals surface area (Å²) in [7, 11) is 0. The first-order valence-electron chi connectivity index (χ1n) is 9.54. The Morgan fingerprint density at radius 3 is 1.70 bits per heavy atom. The first-order chi connectivity index (χ1) is 13.3. The summed E-state index contributed by atoms with van der Waals surface area (Å²) in [5, 5.41) is 3.57. The molecule has 0 radical (unpaired) electrons. The maximum atomic E-state index is 5.03. The Morgan fingerprint density at radius 2 is 1.15 bits per heavy atom. The lowest BCUT2D eigenvalue weighted by atomic mass is 9.94. The lowest BCUT2D eigenvalue weighted by Gasteiger charge is -2.27. The van der Waals surface area contributed by atoms with Gasteiger partial charge in [0.15, 0.2) is 0 Å². The van der Waals surface area contributed by atoms with E-state index in [9.17, 15) is 0 Å². The standard InChI is InChI=1S/C23H20N2.C2H6/c1-17-21(18-11-5-2-6-12-18)24-23(20-15-9-4-10-16-20)25-22(17)19-13-7-3-8-14-19;1-2/h2-16,21H,1H3,(H,24,25);1-2H3. The van der Waals surface area contributed by atoms with Gasteiger partial charge >= 0.3 is 0 Å². The molecule has 1 aliphatic heterocycles. The van der Waals surface area contributed by atoms with Crippen LogP contribution in [0.5, 0.6) is 0 Å². The molecule has 136 valence electrons. The number of nitrogens with one attached hydrogen (secondary N) is 1. The Bertz CT molecular complexity index is 910. The first-order valence-corrected chi connectivity index (χ1v) is 9.54. The van der Waals surface area contributed by atoms with Crippen LogP contribution in [-0.4, -0.2) is 5.84 Å². The van der Waals surface area contributed by atoms with E-state index in [1.165, 1.54) is 16.7 Å². The van der Waals surface area contributed by atoms with Gasteiger partial charge in [-0.2, -0.15) is 0 Å². The normalized spacial score (nSPS) is 16.0. The Hall–Kier alpha value is -3.13. The maximum Gasteiger partial charge on any atom is 0.133 e. The zero-order chi connectivity index (χ0) is 19.1. The predicted octanol–water partition coefficient (Wildman–Crippen LogP) is 6.24. The van der Waals surface area contributed by atoms with Gasteiger partial charge in [-0.15, -0.1) is 0 Å². The number of nitrogens with zero attached hydrogens (tertiary/aromatic N) is 1. The number of amidine groups is 1. The second kappa shape index (κ2) is 9.00. The van der Waals surface area contributed by atoms with Crippen molar-refractivity contribution in [2.45, 2.75) is 26.8 Å². The van der Waals surface area contributed by atoms with Gasteiger partial charge in [0.1, 0.15) is 11.9 Å². The van der Waals surface area contributed by atoms with Crippen molar-refractivity contribution in [1.82, 2.24) is 5.32 Å². The molecule has 3 aromatic rings. The zero-order valence-corrected chi connectivity index (χ0v) is 16.2. The maximum absolute atomic E-state index is 5.03. The Morgan fingerprint density at radius 1 is 0.667 bits per heavy atom. The summed E-state index contributed by atoms with van der Waals surface area (Å²) in [6, 6.07) is 31.3. The highest BCUT2D eigenvalue weighted by Gasteiger charge is 2.24. The summed E-state index contributed by atoms with van der Waals surface area (Å²) in [6.07, 6.45) is 0. The SMILES string of the molecule is CC.CC1=C(c2ccccc2)NC(c2ccccc2)=NC1c1ccccc1. The first kappa shape index (κ1) is 18.7. The van der Waals surface area contributed by atoms with Crippen LogP contribution < -0.4 is 5.32 Å². The summed E-state index contributed by atoms with van der Waals surface area (Å²) in [4.78, 5) is 5.03. The van der Waals surface area contributed by atoms with Crippen LogP contribution in [-0.2, 0) is 0 Å². The average molecular weight is 354 g/mol. The van der Waals surface area contributed by atoms with E-state index in [0.717, 1.165) is 17.1 Å². The quantitative estimate of drug-likeness (QED) is 0.592. The zero-order valence-electron chi connectivity index (χ0n) is 16.2. The number of aliphatic imine (C=N–C) groups is 1. The van der Waals surface area contributed by atoms with E-state index in [-0.39, 0.29) is 6.04 Å². The van der Waals surface area contributed by atoms with Gasteiger partial charge in [-0.1, -0.05) is 105 Å². The largest absolute Gasteiger partial charge is 0.339 e. The van der Waals surface area contributed by atoms with E-state index in [2.05, 4.69) is 72.9 Å². The second-order valence-corrected chi connectivity index (χ2v) is 6.21. The third-order valence-electron chi connectivity index (χ3n) is 4.53. The molecule has 1 N–H and O–H groups in total. The highest BCUT2D eigenvalue weighted by molar-refractivity contribution is 6.05. The third-order valence-corrected chi connectivity index (χ3v) is 4.53. The molecular formula is C25H26N2. The molecule has 1 aliphatic rings. The summed E-state index contributed by atoms with van der Waals surface area (Å²) in [5.41, 5.74) is 5.87. The van der Waals surface area contributed by atoms with Crippen molar-refractivity contribution in [3.8, 4) is 0 Å². The summed E-state index contributed by atoms with van der Waals surface area (Å²) < 4.78 is 0. The molecule has 0 fully saturated rings. The summed E-state index contributed by atoms with van der Waals surface area (Å²) in [5.74, 6) is 0.916. The molecule has 1 atom stereocenters. The highest BCUT2D eigenvalue weighted by atomic mass is 15.0. The number of hydrogen-bond acceptors (Lipinski definition) is 2.